The molecule has 0 aliphatic rings. The number of halogens is 1. The van der Waals surface area contributed by atoms with Crippen molar-refractivity contribution in [3.8, 4) is 5.75 Å². The predicted molar refractivity (Wildman–Crippen MR) is 91.0 cm³/mol. The SMILES string of the molecule is Cc1cccc2oc(=O)c(C(=O)Nc3ccc(Br)cc3)c(O)c12. The summed E-state index contributed by atoms with van der Waals surface area (Å²) in [6, 6.07) is 11.9. The summed E-state index contributed by atoms with van der Waals surface area (Å²) in [5.74, 6) is -1.09. The highest BCUT2D eigenvalue weighted by atomic mass is 79.9. The molecule has 6 heteroatoms. The van der Waals surface area contributed by atoms with E-state index in [0.717, 1.165) is 4.47 Å². The summed E-state index contributed by atoms with van der Waals surface area (Å²) in [6.07, 6.45) is 0. The molecule has 0 unspecified atom stereocenters. The van der Waals surface area contributed by atoms with Crippen molar-refractivity contribution in [2.24, 2.45) is 0 Å². The summed E-state index contributed by atoms with van der Waals surface area (Å²) in [4.78, 5) is 24.4. The van der Waals surface area contributed by atoms with Crippen LogP contribution in [0.5, 0.6) is 5.75 Å². The Morgan fingerprint density at radius 1 is 1.17 bits per heavy atom. The van der Waals surface area contributed by atoms with Crippen molar-refractivity contribution in [2.45, 2.75) is 6.92 Å². The average Bonchev–Trinajstić information content (AvgIpc) is 2.49. The van der Waals surface area contributed by atoms with E-state index in [2.05, 4.69) is 21.2 Å². The third-order valence-corrected chi connectivity index (χ3v) is 3.97. The van der Waals surface area contributed by atoms with Crippen molar-refractivity contribution in [2.75, 3.05) is 5.32 Å². The van der Waals surface area contributed by atoms with Gasteiger partial charge in [-0.25, -0.2) is 4.79 Å². The fourth-order valence-corrected chi connectivity index (χ4v) is 2.59. The van der Waals surface area contributed by atoms with Gasteiger partial charge in [-0.05, 0) is 42.8 Å². The average molecular weight is 374 g/mol. The number of aryl methyl sites for hydroxylation is 1. The van der Waals surface area contributed by atoms with E-state index in [9.17, 15) is 14.7 Å². The lowest BCUT2D eigenvalue weighted by molar-refractivity contribution is 0.102. The third-order valence-electron chi connectivity index (χ3n) is 3.44. The molecule has 0 saturated carbocycles. The number of carbonyl (C=O) groups excluding carboxylic acids is 1. The van der Waals surface area contributed by atoms with Gasteiger partial charge in [0.2, 0.25) is 0 Å². The third kappa shape index (κ3) is 2.85. The zero-order valence-electron chi connectivity index (χ0n) is 12.1. The number of nitrogens with one attached hydrogen (secondary N) is 1. The van der Waals surface area contributed by atoms with Crippen LogP contribution in [0.3, 0.4) is 0 Å². The van der Waals surface area contributed by atoms with Crippen molar-refractivity contribution in [3.63, 3.8) is 0 Å². The Bertz CT molecular complexity index is 961. The van der Waals surface area contributed by atoms with Gasteiger partial charge in [0.15, 0.2) is 5.56 Å². The van der Waals surface area contributed by atoms with E-state index < -0.39 is 17.1 Å². The molecule has 2 aromatic carbocycles. The molecule has 1 aromatic heterocycles. The molecule has 0 aliphatic carbocycles. The van der Waals surface area contributed by atoms with Crippen LogP contribution in [0.2, 0.25) is 0 Å². The quantitative estimate of drug-likeness (QED) is 0.669. The highest BCUT2D eigenvalue weighted by molar-refractivity contribution is 9.10. The van der Waals surface area contributed by atoms with Crippen molar-refractivity contribution >= 4 is 38.5 Å². The van der Waals surface area contributed by atoms with Gasteiger partial charge >= 0.3 is 5.63 Å². The molecular weight excluding hydrogens is 362 g/mol. The molecule has 23 heavy (non-hydrogen) atoms. The largest absolute Gasteiger partial charge is 0.506 e. The zero-order valence-corrected chi connectivity index (χ0v) is 13.7. The molecule has 5 nitrogen and oxygen atoms in total. The van der Waals surface area contributed by atoms with Crippen LogP contribution < -0.4 is 10.9 Å². The summed E-state index contributed by atoms with van der Waals surface area (Å²) >= 11 is 3.30. The molecule has 3 rings (SSSR count). The zero-order chi connectivity index (χ0) is 16.6. The van der Waals surface area contributed by atoms with E-state index in [0.29, 0.717) is 16.6 Å². The maximum absolute atomic E-state index is 12.4. The van der Waals surface area contributed by atoms with Crippen molar-refractivity contribution in [3.05, 3.63) is 68.5 Å². The molecule has 0 fully saturated rings. The van der Waals surface area contributed by atoms with Crippen LogP contribution in [-0.2, 0) is 0 Å². The molecule has 0 radical (unpaired) electrons. The minimum atomic E-state index is -0.879. The fourth-order valence-electron chi connectivity index (χ4n) is 2.33. The van der Waals surface area contributed by atoms with E-state index in [1.807, 2.05) is 0 Å². The number of amides is 1. The number of hydrogen-bond acceptors (Lipinski definition) is 4. The second-order valence-electron chi connectivity index (χ2n) is 5.02. The van der Waals surface area contributed by atoms with Crippen LogP contribution in [0, 0.1) is 6.92 Å². The summed E-state index contributed by atoms with van der Waals surface area (Å²) in [5, 5.41) is 13.3. The first kappa shape index (κ1) is 15.3. The molecule has 1 heterocycles. The van der Waals surface area contributed by atoms with Crippen LogP contribution in [-0.4, -0.2) is 11.0 Å². The first-order chi connectivity index (χ1) is 11.0. The Morgan fingerprint density at radius 3 is 2.57 bits per heavy atom. The number of rotatable bonds is 2. The first-order valence-electron chi connectivity index (χ1n) is 6.79. The molecule has 3 aromatic rings. The Kier molecular flexibility index (Phi) is 3.92. The van der Waals surface area contributed by atoms with Gasteiger partial charge in [0.25, 0.3) is 5.91 Å². The number of anilines is 1. The van der Waals surface area contributed by atoms with Crippen molar-refractivity contribution < 1.29 is 14.3 Å². The topological polar surface area (TPSA) is 79.5 Å². The monoisotopic (exact) mass is 373 g/mol. The maximum atomic E-state index is 12.4. The number of aromatic hydroxyl groups is 1. The summed E-state index contributed by atoms with van der Waals surface area (Å²) in [6.45, 7) is 1.76. The summed E-state index contributed by atoms with van der Waals surface area (Å²) in [5.41, 5.74) is 0.168. The van der Waals surface area contributed by atoms with Gasteiger partial charge in [0, 0.05) is 10.2 Å². The predicted octanol–water partition coefficient (Wildman–Crippen LogP) is 3.82. The van der Waals surface area contributed by atoms with Gasteiger partial charge in [0.05, 0.1) is 5.39 Å². The lowest BCUT2D eigenvalue weighted by Gasteiger charge is -2.09. The number of hydrogen-bond donors (Lipinski definition) is 2. The van der Waals surface area contributed by atoms with Gasteiger partial charge in [-0.2, -0.15) is 0 Å². The van der Waals surface area contributed by atoms with Gasteiger partial charge < -0.3 is 14.8 Å². The maximum Gasteiger partial charge on any atom is 0.353 e. The molecule has 116 valence electrons. The van der Waals surface area contributed by atoms with Crippen LogP contribution in [0.25, 0.3) is 11.0 Å². The lowest BCUT2D eigenvalue weighted by Crippen LogP contribution is -2.21. The molecule has 0 aliphatic heterocycles. The van der Waals surface area contributed by atoms with E-state index in [4.69, 9.17) is 4.42 Å². The Labute approximate surface area is 139 Å². The van der Waals surface area contributed by atoms with Gasteiger partial charge in [-0.1, -0.05) is 28.1 Å². The number of benzene rings is 2. The second kappa shape index (κ2) is 5.89. The number of carbonyl (C=O) groups is 1. The molecule has 2 N–H and O–H groups in total. The first-order valence-corrected chi connectivity index (χ1v) is 7.59. The minimum Gasteiger partial charge on any atom is -0.506 e. The standard InChI is InChI=1S/C17H12BrNO4/c1-9-3-2-4-12-13(9)15(20)14(17(22)23-12)16(21)19-11-7-5-10(18)6-8-11/h2-8,20H,1H3,(H,19,21). The van der Waals surface area contributed by atoms with E-state index in [1.165, 1.54) is 0 Å². The Morgan fingerprint density at radius 2 is 1.87 bits per heavy atom. The van der Waals surface area contributed by atoms with Crippen LogP contribution in [0.4, 0.5) is 5.69 Å². The molecule has 0 bridgehead atoms. The van der Waals surface area contributed by atoms with Crippen molar-refractivity contribution in [1.82, 2.24) is 0 Å². The van der Waals surface area contributed by atoms with E-state index >= 15 is 0 Å². The normalized spacial score (nSPS) is 10.7. The fraction of sp³-hybridized carbons (Fsp3) is 0.0588. The number of fused-ring (bicyclic) bond motifs is 1. The lowest BCUT2D eigenvalue weighted by atomic mass is 10.1. The summed E-state index contributed by atoms with van der Waals surface area (Å²) < 4.78 is 6.01. The molecule has 0 spiro atoms. The molecular formula is C17H12BrNO4. The summed E-state index contributed by atoms with van der Waals surface area (Å²) in [7, 11) is 0. The highest BCUT2D eigenvalue weighted by Crippen LogP contribution is 2.29. The van der Waals surface area contributed by atoms with Crippen LogP contribution in [0.1, 0.15) is 15.9 Å². The molecule has 1 amide bonds. The van der Waals surface area contributed by atoms with Crippen LogP contribution >= 0.6 is 15.9 Å². The van der Waals surface area contributed by atoms with Crippen LogP contribution in [0.15, 0.2) is 56.1 Å². The van der Waals surface area contributed by atoms with Gasteiger partial charge in [-0.3, -0.25) is 4.79 Å². The van der Waals surface area contributed by atoms with Gasteiger partial charge in [-0.15, -0.1) is 0 Å². The molecule has 0 atom stereocenters. The van der Waals surface area contributed by atoms with Crippen molar-refractivity contribution in [1.29, 1.82) is 0 Å². The smallest absolute Gasteiger partial charge is 0.353 e. The molecule has 0 saturated heterocycles. The van der Waals surface area contributed by atoms with E-state index in [-0.39, 0.29) is 11.3 Å². The second-order valence-corrected chi connectivity index (χ2v) is 5.94. The Hall–Kier alpha value is -2.60. The Balaban J connectivity index is 2.08. The van der Waals surface area contributed by atoms with Gasteiger partial charge in [0.1, 0.15) is 11.3 Å². The minimum absolute atomic E-state index is 0.243. The van der Waals surface area contributed by atoms with E-state index in [1.54, 1.807) is 49.4 Å². The highest BCUT2D eigenvalue weighted by Gasteiger charge is 2.21.